The van der Waals surface area contributed by atoms with E-state index < -0.39 is 6.09 Å². The van der Waals surface area contributed by atoms with Crippen LogP contribution in [0.5, 0.6) is 11.6 Å². The number of nitrogens with zero attached hydrogens (tertiary/aromatic N) is 2. The highest BCUT2D eigenvalue weighted by atomic mass is 32.1. The molecule has 9 heteroatoms. The Morgan fingerprint density at radius 2 is 2.00 bits per heavy atom. The molecule has 1 aliphatic carbocycles. The molecule has 31 heavy (non-hydrogen) atoms. The van der Waals surface area contributed by atoms with Gasteiger partial charge in [0, 0.05) is 23.7 Å². The number of aryl methyl sites for hydroxylation is 1. The molecule has 0 bridgehead atoms. The Kier molecular flexibility index (Phi) is 6.31. The third-order valence-electron chi connectivity index (χ3n) is 4.79. The van der Waals surface area contributed by atoms with Crippen LogP contribution in [0.15, 0.2) is 30.3 Å². The van der Waals surface area contributed by atoms with Gasteiger partial charge in [-0.05, 0) is 43.9 Å². The van der Waals surface area contributed by atoms with Crippen LogP contribution < -0.4 is 15.4 Å². The zero-order valence-corrected chi connectivity index (χ0v) is 18.3. The Hall–Kier alpha value is -3.20. The summed E-state index contributed by atoms with van der Waals surface area (Å²) in [4.78, 5) is 33.4. The number of unbranched alkanes of at least 4 members (excludes halogenated alkanes) is 1. The number of carbonyl (C=O) groups excluding carboxylic acids is 2. The summed E-state index contributed by atoms with van der Waals surface area (Å²) in [5.74, 6) is 1.11. The number of ether oxygens (including phenoxy) is 2. The number of rotatable bonds is 8. The number of benzene rings is 1. The largest absolute Gasteiger partial charge is 0.449 e. The van der Waals surface area contributed by atoms with Gasteiger partial charge in [0.1, 0.15) is 16.1 Å². The maximum atomic E-state index is 12.0. The lowest BCUT2D eigenvalue weighted by atomic mass is 10.2. The summed E-state index contributed by atoms with van der Waals surface area (Å²) in [7, 11) is 0. The van der Waals surface area contributed by atoms with Gasteiger partial charge in [0.05, 0.1) is 6.61 Å². The molecular formula is C22H24N4O4S. The molecule has 162 valence electrons. The average Bonchev–Trinajstić information content (AvgIpc) is 3.51. The van der Waals surface area contributed by atoms with Crippen LogP contribution in [0.2, 0.25) is 0 Å². The highest BCUT2D eigenvalue weighted by molar-refractivity contribution is 7.21. The van der Waals surface area contributed by atoms with E-state index >= 15 is 0 Å². The molecule has 1 aliphatic rings. The lowest BCUT2D eigenvalue weighted by molar-refractivity contribution is -0.117. The van der Waals surface area contributed by atoms with Gasteiger partial charge in [-0.15, -0.1) is 0 Å². The summed E-state index contributed by atoms with van der Waals surface area (Å²) in [6.45, 7) is 4.34. The van der Waals surface area contributed by atoms with E-state index in [1.165, 1.54) is 11.3 Å². The normalized spacial score (nSPS) is 13.1. The highest BCUT2D eigenvalue weighted by Crippen LogP contribution is 2.33. The van der Waals surface area contributed by atoms with Crippen molar-refractivity contribution in [3.05, 3.63) is 35.9 Å². The zero-order valence-electron chi connectivity index (χ0n) is 17.4. The van der Waals surface area contributed by atoms with Gasteiger partial charge in [0.2, 0.25) is 11.8 Å². The van der Waals surface area contributed by atoms with Crippen LogP contribution in [0, 0.1) is 12.8 Å². The quantitative estimate of drug-likeness (QED) is 0.449. The van der Waals surface area contributed by atoms with Crippen molar-refractivity contribution < 1.29 is 19.1 Å². The molecule has 0 spiro atoms. The van der Waals surface area contributed by atoms with Crippen LogP contribution in [0.25, 0.3) is 10.3 Å². The molecule has 1 fully saturated rings. The fourth-order valence-electron chi connectivity index (χ4n) is 2.83. The topological polar surface area (TPSA) is 102 Å². The third kappa shape index (κ3) is 5.49. The molecule has 0 atom stereocenters. The van der Waals surface area contributed by atoms with Crippen LogP contribution in [0.3, 0.4) is 0 Å². The third-order valence-corrected chi connectivity index (χ3v) is 5.67. The molecule has 1 aromatic carbocycles. The molecule has 2 aromatic heterocycles. The Morgan fingerprint density at radius 3 is 2.77 bits per heavy atom. The van der Waals surface area contributed by atoms with Crippen molar-refractivity contribution in [1.82, 2.24) is 9.97 Å². The van der Waals surface area contributed by atoms with Crippen molar-refractivity contribution in [2.24, 2.45) is 5.92 Å². The molecule has 0 radical (unpaired) electrons. The monoisotopic (exact) mass is 440 g/mol. The van der Waals surface area contributed by atoms with E-state index in [9.17, 15) is 9.59 Å². The van der Waals surface area contributed by atoms with Crippen LogP contribution >= 0.6 is 11.3 Å². The zero-order chi connectivity index (χ0) is 21.8. The maximum Gasteiger partial charge on any atom is 0.411 e. The van der Waals surface area contributed by atoms with E-state index in [0.29, 0.717) is 39.4 Å². The maximum absolute atomic E-state index is 12.0. The number of fused-ring (bicyclic) bond motifs is 1. The summed E-state index contributed by atoms with van der Waals surface area (Å²) >= 11 is 1.31. The average molecular weight is 441 g/mol. The van der Waals surface area contributed by atoms with Gasteiger partial charge in [-0.3, -0.25) is 10.1 Å². The van der Waals surface area contributed by atoms with Gasteiger partial charge in [0.25, 0.3) is 0 Å². The van der Waals surface area contributed by atoms with E-state index in [-0.39, 0.29) is 11.8 Å². The molecule has 2 heterocycles. The van der Waals surface area contributed by atoms with Crippen LogP contribution in [0.4, 0.5) is 15.6 Å². The smallest absolute Gasteiger partial charge is 0.411 e. The Morgan fingerprint density at radius 1 is 1.16 bits per heavy atom. The molecule has 2 N–H and O–H groups in total. The number of hydrogen-bond donors (Lipinski definition) is 2. The lowest BCUT2D eigenvalue weighted by Crippen LogP contribution is -2.14. The van der Waals surface area contributed by atoms with Gasteiger partial charge in [0.15, 0.2) is 5.13 Å². The number of pyridine rings is 1. The number of carbonyl (C=O) groups is 2. The minimum Gasteiger partial charge on any atom is -0.449 e. The number of anilines is 2. The lowest BCUT2D eigenvalue weighted by Gasteiger charge is -2.11. The van der Waals surface area contributed by atoms with Crippen molar-refractivity contribution in [2.45, 2.75) is 39.5 Å². The second-order valence-corrected chi connectivity index (χ2v) is 8.43. The van der Waals surface area contributed by atoms with Crippen molar-refractivity contribution in [3.8, 4) is 11.6 Å². The molecule has 2 amide bonds. The fourth-order valence-corrected chi connectivity index (χ4v) is 3.66. The molecule has 0 aliphatic heterocycles. The van der Waals surface area contributed by atoms with Crippen LogP contribution in [0.1, 0.15) is 38.2 Å². The summed E-state index contributed by atoms with van der Waals surface area (Å²) in [5, 5.41) is 6.10. The van der Waals surface area contributed by atoms with Crippen molar-refractivity contribution in [3.63, 3.8) is 0 Å². The standard InChI is InChI=1S/C22H24N4O4S/c1-3-4-11-29-22(28)23-15-8-5-13(2)17(12-15)30-18-10-9-16-20(25-18)31-21(24-16)26-19(27)14-6-7-14/h5,8-10,12,14H,3-4,6-7,11H2,1-2H3,(H,23,28)(H,24,26,27). The summed E-state index contributed by atoms with van der Waals surface area (Å²) in [6, 6.07) is 8.92. The molecule has 1 saturated carbocycles. The molecule has 8 nitrogen and oxygen atoms in total. The molecule has 0 unspecified atom stereocenters. The van der Waals surface area contributed by atoms with E-state index in [1.807, 2.05) is 26.0 Å². The van der Waals surface area contributed by atoms with Crippen LogP contribution in [-0.4, -0.2) is 28.6 Å². The van der Waals surface area contributed by atoms with E-state index in [4.69, 9.17) is 9.47 Å². The number of aromatic nitrogens is 2. The summed E-state index contributed by atoms with van der Waals surface area (Å²) in [5.41, 5.74) is 2.17. The summed E-state index contributed by atoms with van der Waals surface area (Å²) in [6.07, 6.45) is 3.18. The van der Waals surface area contributed by atoms with Crippen molar-refractivity contribution >= 4 is 44.5 Å². The molecular weight excluding hydrogens is 416 g/mol. The van der Waals surface area contributed by atoms with Gasteiger partial charge in [-0.1, -0.05) is 30.7 Å². The Labute approximate surface area is 184 Å². The van der Waals surface area contributed by atoms with Crippen molar-refractivity contribution in [2.75, 3.05) is 17.2 Å². The first-order valence-electron chi connectivity index (χ1n) is 10.3. The van der Waals surface area contributed by atoms with Crippen LogP contribution in [-0.2, 0) is 9.53 Å². The first kappa shape index (κ1) is 21.0. The molecule has 3 aromatic rings. The number of thiazole rings is 1. The molecule has 4 rings (SSSR count). The summed E-state index contributed by atoms with van der Waals surface area (Å²) < 4.78 is 11.1. The number of hydrogen-bond acceptors (Lipinski definition) is 7. The predicted molar refractivity (Wildman–Crippen MR) is 120 cm³/mol. The van der Waals surface area contributed by atoms with Gasteiger partial charge < -0.3 is 14.8 Å². The van der Waals surface area contributed by atoms with Gasteiger partial charge in [-0.2, -0.15) is 0 Å². The predicted octanol–water partition coefficient (Wildman–Crippen LogP) is 5.49. The Balaban J connectivity index is 1.45. The number of amides is 2. The first-order chi connectivity index (χ1) is 15.0. The minimum atomic E-state index is -0.492. The minimum absolute atomic E-state index is 0.0173. The Bertz CT molecular complexity index is 1110. The second-order valence-electron chi connectivity index (χ2n) is 7.45. The molecule has 0 saturated heterocycles. The van der Waals surface area contributed by atoms with E-state index in [2.05, 4.69) is 20.6 Å². The van der Waals surface area contributed by atoms with E-state index in [0.717, 1.165) is 31.2 Å². The van der Waals surface area contributed by atoms with Crippen molar-refractivity contribution in [1.29, 1.82) is 0 Å². The first-order valence-corrected chi connectivity index (χ1v) is 11.1. The SMILES string of the molecule is CCCCOC(=O)Nc1ccc(C)c(Oc2ccc3nc(NC(=O)C4CC4)sc3n2)c1. The second kappa shape index (κ2) is 9.30. The number of nitrogens with one attached hydrogen (secondary N) is 2. The van der Waals surface area contributed by atoms with Gasteiger partial charge in [-0.25, -0.2) is 14.8 Å². The fraction of sp³-hybridized carbons (Fsp3) is 0.364. The highest BCUT2D eigenvalue weighted by Gasteiger charge is 2.30. The van der Waals surface area contributed by atoms with E-state index in [1.54, 1.807) is 18.2 Å². The van der Waals surface area contributed by atoms with Gasteiger partial charge >= 0.3 is 6.09 Å².